The van der Waals surface area contributed by atoms with Gasteiger partial charge in [-0.1, -0.05) is 0 Å². The molecule has 7 heteroatoms. The molecule has 2 aromatic heterocycles. The zero-order chi connectivity index (χ0) is 12.4. The summed E-state index contributed by atoms with van der Waals surface area (Å²) in [6.45, 7) is 0. The molecule has 1 unspecified atom stereocenters. The van der Waals surface area contributed by atoms with E-state index in [0.717, 1.165) is 20.4 Å². The van der Waals surface area contributed by atoms with E-state index in [4.69, 9.17) is 5.84 Å². The molecule has 17 heavy (non-hydrogen) atoms. The molecule has 0 aromatic carbocycles. The van der Waals surface area contributed by atoms with E-state index in [0.29, 0.717) is 0 Å². The van der Waals surface area contributed by atoms with Crippen LogP contribution in [0.1, 0.15) is 16.6 Å². The number of thiophene rings is 1. The second-order valence-electron chi connectivity index (χ2n) is 3.67. The lowest BCUT2D eigenvalue weighted by Gasteiger charge is -2.12. The number of hydrogen-bond acceptors (Lipinski definition) is 4. The first-order chi connectivity index (χ1) is 8.10. The predicted molar refractivity (Wildman–Crippen MR) is 76.7 cm³/mol. The van der Waals surface area contributed by atoms with Crippen molar-refractivity contribution in [2.24, 2.45) is 12.9 Å². The zero-order valence-electron chi connectivity index (χ0n) is 9.15. The Hall–Kier alpha value is -0.210. The normalized spacial score (nSPS) is 12.9. The molecular formula is C10H12Br2N4S. The summed E-state index contributed by atoms with van der Waals surface area (Å²) in [4.78, 5) is 1.18. The van der Waals surface area contributed by atoms with Gasteiger partial charge in [0.15, 0.2) is 0 Å². The van der Waals surface area contributed by atoms with Crippen molar-refractivity contribution >= 4 is 43.2 Å². The van der Waals surface area contributed by atoms with Gasteiger partial charge in [-0.2, -0.15) is 5.10 Å². The fraction of sp³-hybridized carbons (Fsp3) is 0.300. The summed E-state index contributed by atoms with van der Waals surface area (Å²) in [5, 5.41) is 4.36. The average molecular weight is 380 g/mol. The Morgan fingerprint density at radius 3 is 2.82 bits per heavy atom. The number of hydrogen-bond donors (Lipinski definition) is 2. The SMILES string of the molecule is Cn1ccc(CC(NN)c2cc(Br)c(Br)s2)n1. The molecule has 2 aromatic rings. The van der Waals surface area contributed by atoms with Crippen LogP contribution in [-0.4, -0.2) is 9.78 Å². The zero-order valence-corrected chi connectivity index (χ0v) is 13.1. The monoisotopic (exact) mass is 378 g/mol. The molecular weight excluding hydrogens is 368 g/mol. The molecule has 0 fully saturated rings. The molecule has 3 N–H and O–H groups in total. The lowest BCUT2D eigenvalue weighted by Crippen LogP contribution is -2.29. The maximum absolute atomic E-state index is 5.61. The van der Waals surface area contributed by atoms with Crippen molar-refractivity contribution in [2.75, 3.05) is 0 Å². The van der Waals surface area contributed by atoms with Gasteiger partial charge in [-0.3, -0.25) is 16.0 Å². The van der Waals surface area contributed by atoms with E-state index in [1.54, 1.807) is 16.0 Å². The minimum Gasteiger partial charge on any atom is -0.276 e. The topological polar surface area (TPSA) is 55.9 Å². The molecule has 2 rings (SSSR count). The lowest BCUT2D eigenvalue weighted by atomic mass is 10.1. The summed E-state index contributed by atoms with van der Waals surface area (Å²) in [6.07, 6.45) is 2.71. The number of aromatic nitrogens is 2. The molecule has 0 saturated carbocycles. The summed E-state index contributed by atoms with van der Waals surface area (Å²) in [5.74, 6) is 5.61. The number of nitrogens with zero attached hydrogens (tertiary/aromatic N) is 2. The first kappa shape index (κ1) is 13.2. The maximum atomic E-state index is 5.61. The number of nitrogens with two attached hydrogens (primary N) is 1. The Morgan fingerprint density at radius 2 is 2.35 bits per heavy atom. The third-order valence-electron chi connectivity index (χ3n) is 2.39. The van der Waals surface area contributed by atoms with Gasteiger partial charge in [-0.05, 0) is 44.0 Å². The van der Waals surface area contributed by atoms with E-state index in [9.17, 15) is 0 Å². The van der Waals surface area contributed by atoms with Crippen LogP contribution in [0.4, 0.5) is 0 Å². The molecule has 92 valence electrons. The second-order valence-corrected chi connectivity index (χ2v) is 6.93. The highest BCUT2D eigenvalue weighted by molar-refractivity contribution is 9.13. The van der Waals surface area contributed by atoms with Crippen LogP contribution in [0.25, 0.3) is 0 Å². The lowest BCUT2D eigenvalue weighted by molar-refractivity contribution is 0.549. The molecule has 0 aliphatic carbocycles. The van der Waals surface area contributed by atoms with Gasteiger partial charge >= 0.3 is 0 Å². The molecule has 0 amide bonds. The predicted octanol–water partition coefficient (Wildman–Crippen LogP) is 2.75. The van der Waals surface area contributed by atoms with Crippen LogP contribution < -0.4 is 11.3 Å². The summed E-state index contributed by atoms with van der Waals surface area (Å²) in [5.41, 5.74) is 3.86. The van der Waals surface area contributed by atoms with Crippen LogP contribution in [0, 0.1) is 0 Å². The first-order valence-corrected chi connectivity index (χ1v) is 7.39. The highest BCUT2D eigenvalue weighted by Crippen LogP contribution is 2.36. The molecule has 2 heterocycles. The van der Waals surface area contributed by atoms with E-state index in [1.807, 2.05) is 19.3 Å². The summed E-state index contributed by atoms with van der Waals surface area (Å²) >= 11 is 8.63. The Morgan fingerprint density at radius 1 is 1.59 bits per heavy atom. The van der Waals surface area contributed by atoms with Crippen molar-refractivity contribution in [2.45, 2.75) is 12.5 Å². The van der Waals surface area contributed by atoms with Crippen LogP contribution in [0.2, 0.25) is 0 Å². The van der Waals surface area contributed by atoms with Gasteiger partial charge in [0.2, 0.25) is 0 Å². The number of aryl methyl sites for hydroxylation is 1. The van der Waals surface area contributed by atoms with Gasteiger partial charge in [-0.25, -0.2) is 0 Å². The highest BCUT2D eigenvalue weighted by atomic mass is 79.9. The second kappa shape index (κ2) is 5.62. The van der Waals surface area contributed by atoms with Crippen LogP contribution >= 0.6 is 43.2 Å². The third kappa shape index (κ3) is 3.17. The van der Waals surface area contributed by atoms with Crippen molar-refractivity contribution in [1.29, 1.82) is 0 Å². The summed E-state index contributed by atoms with van der Waals surface area (Å²) < 4.78 is 3.93. The van der Waals surface area contributed by atoms with Gasteiger partial charge in [0, 0.05) is 29.0 Å². The summed E-state index contributed by atoms with van der Waals surface area (Å²) in [7, 11) is 1.91. The average Bonchev–Trinajstić information content (AvgIpc) is 2.83. The van der Waals surface area contributed by atoms with Crippen LogP contribution in [0.5, 0.6) is 0 Å². The summed E-state index contributed by atoms with van der Waals surface area (Å²) in [6, 6.07) is 4.15. The fourth-order valence-corrected chi connectivity index (χ4v) is 3.71. The third-order valence-corrected chi connectivity index (χ3v) is 5.76. The van der Waals surface area contributed by atoms with Crippen molar-refractivity contribution in [3.63, 3.8) is 0 Å². The minimum absolute atomic E-state index is 0.0810. The number of rotatable bonds is 4. The van der Waals surface area contributed by atoms with E-state index in [2.05, 4.69) is 48.5 Å². The van der Waals surface area contributed by atoms with Crippen molar-refractivity contribution in [1.82, 2.24) is 15.2 Å². The maximum Gasteiger partial charge on any atom is 0.0843 e. The largest absolute Gasteiger partial charge is 0.276 e. The van der Waals surface area contributed by atoms with Gasteiger partial charge in [0.25, 0.3) is 0 Å². The molecule has 4 nitrogen and oxygen atoms in total. The van der Waals surface area contributed by atoms with E-state index >= 15 is 0 Å². The van der Waals surface area contributed by atoms with Crippen molar-refractivity contribution < 1.29 is 0 Å². The quantitative estimate of drug-likeness (QED) is 0.634. The van der Waals surface area contributed by atoms with Gasteiger partial charge in [0.1, 0.15) is 0 Å². The van der Waals surface area contributed by atoms with Gasteiger partial charge in [0.05, 0.1) is 15.5 Å². The molecule has 0 bridgehead atoms. The van der Waals surface area contributed by atoms with Crippen molar-refractivity contribution in [3.8, 4) is 0 Å². The van der Waals surface area contributed by atoms with Gasteiger partial charge in [-0.15, -0.1) is 11.3 Å². The fourth-order valence-electron chi connectivity index (χ4n) is 1.56. The Kier molecular flexibility index (Phi) is 4.37. The molecule has 0 saturated heterocycles. The minimum atomic E-state index is 0.0810. The van der Waals surface area contributed by atoms with E-state index in [1.165, 1.54) is 4.88 Å². The first-order valence-electron chi connectivity index (χ1n) is 4.99. The number of halogens is 2. The molecule has 0 spiro atoms. The Balaban J connectivity index is 2.16. The van der Waals surface area contributed by atoms with Crippen LogP contribution in [-0.2, 0) is 13.5 Å². The number of nitrogens with one attached hydrogen (secondary N) is 1. The van der Waals surface area contributed by atoms with Gasteiger partial charge < -0.3 is 0 Å². The van der Waals surface area contributed by atoms with Crippen LogP contribution in [0.3, 0.4) is 0 Å². The Bertz CT molecular complexity index is 489. The molecule has 0 aliphatic heterocycles. The highest BCUT2D eigenvalue weighted by Gasteiger charge is 2.16. The van der Waals surface area contributed by atoms with E-state index < -0.39 is 0 Å². The molecule has 1 atom stereocenters. The number of hydrazine groups is 1. The standard InChI is InChI=1S/C10H12Br2N4S/c1-16-3-2-6(15-16)4-8(14-13)9-5-7(11)10(12)17-9/h2-3,5,8,14H,4,13H2,1H3. The Labute approximate surface area is 120 Å². The van der Waals surface area contributed by atoms with E-state index in [-0.39, 0.29) is 6.04 Å². The molecule has 0 aliphatic rings. The molecule has 0 radical (unpaired) electrons. The van der Waals surface area contributed by atoms with Crippen LogP contribution in [0.15, 0.2) is 26.6 Å². The van der Waals surface area contributed by atoms with Crippen molar-refractivity contribution in [3.05, 3.63) is 37.2 Å². The smallest absolute Gasteiger partial charge is 0.0843 e.